The van der Waals surface area contributed by atoms with E-state index in [1.807, 2.05) is 13.8 Å². The quantitative estimate of drug-likeness (QED) is 0.180. The molecule has 3 aliphatic rings. The third-order valence-electron chi connectivity index (χ3n) is 11.6. The molecule has 2 unspecified atom stereocenters. The van der Waals surface area contributed by atoms with Crippen molar-refractivity contribution in [3.8, 4) is 0 Å². The average molecular weight is 732 g/mol. The van der Waals surface area contributed by atoms with Crippen LogP contribution in [0.2, 0.25) is 0 Å². The molecule has 17 atom stereocenters. The number of hydrogen-bond donors (Lipinski definition) is 5. The van der Waals surface area contributed by atoms with E-state index in [4.69, 9.17) is 33.2 Å². The van der Waals surface area contributed by atoms with E-state index < -0.39 is 102 Å². The second kappa shape index (κ2) is 17.3. The third-order valence-corrected chi connectivity index (χ3v) is 11.6. The van der Waals surface area contributed by atoms with E-state index in [2.05, 4.69) is 11.9 Å². The van der Waals surface area contributed by atoms with Gasteiger partial charge in [-0.25, -0.2) is 0 Å². The standard InChI is InChI=1S/C37H65NO13/c1-14-25-37(10,44)30(41)20(4)27(39)18(2)16-36(9,46-13)32(51-34-28(40)24(38-11)15-19(3)47-34)21(5)29(22(6)33(43)49-25)50-26-17-35(8,45-12)31(42)23(7)48-26/h18-19,21-26,28-32,34,38,40-42,44H,4,14-17H2,1-3,5-13H3/t18-,19-,21+,22-,23+,24?,25-,26+,28-,29?,30-,31+,32-,34+,35-,36-,37-/m1/s1. The van der Waals surface area contributed by atoms with Crippen LogP contribution < -0.4 is 5.32 Å². The molecule has 0 spiro atoms. The number of aliphatic hydroxyl groups excluding tert-OH is 3. The number of methoxy groups -OCH3 is 2. The van der Waals surface area contributed by atoms with Gasteiger partial charge in [0, 0.05) is 44.1 Å². The summed E-state index contributed by atoms with van der Waals surface area (Å²) >= 11 is 0. The molecule has 3 saturated heterocycles. The summed E-state index contributed by atoms with van der Waals surface area (Å²) in [5, 5.41) is 48.2. The zero-order valence-electron chi connectivity index (χ0n) is 32.6. The predicted octanol–water partition coefficient (Wildman–Crippen LogP) is 2.02. The molecule has 296 valence electrons. The zero-order valence-corrected chi connectivity index (χ0v) is 32.6. The van der Waals surface area contributed by atoms with Gasteiger partial charge in [-0.2, -0.15) is 0 Å². The molecule has 5 N–H and O–H groups in total. The Morgan fingerprint density at radius 1 is 0.941 bits per heavy atom. The number of carbonyl (C=O) groups excluding carboxylic acids is 2. The van der Waals surface area contributed by atoms with Gasteiger partial charge in [0.2, 0.25) is 0 Å². The van der Waals surface area contributed by atoms with Gasteiger partial charge in [-0.1, -0.05) is 27.4 Å². The van der Waals surface area contributed by atoms with Gasteiger partial charge >= 0.3 is 5.97 Å². The van der Waals surface area contributed by atoms with Gasteiger partial charge in [0.1, 0.15) is 30.0 Å². The predicted molar refractivity (Wildman–Crippen MR) is 186 cm³/mol. The molecular weight excluding hydrogens is 666 g/mol. The number of rotatable bonds is 8. The molecular formula is C37H65NO13. The zero-order chi connectivity index (χ0) is 38.8. The van der Waals surface area contributed by atoms with Gasteiger partial charge in [-0.3, -0.25) is 9.59 Å². The first-order valence-corrected chi connectivity index (χ1v) is 18.2. The normalized spacial score (nSPS) is 48.2. The van der Waals surface area contributed by atoms with Gasteiger partial charge in [-0.15, -0.1) is 0 Å². The molecule has 3 rings (SSSR count). The summed E-state index contributed by atoms with van der Waals surface area (Å²) in [4.78, 5) is 27.9. The second-order valence-corrected chi connectivity index (χ2v) is 15.7. The second-order valence-electron chi connectivity index (χ2n) is 15.7. The lowest BCUT2D eigenvalue weighted by atomic mass is 9.75. The number of nitrogens with one attached hydrogen (secondary N) is 1. The fourth-order valence-electron chi connectivity index (χ4n) is 8.05. The Kier molecular flexibility index (Phi) is 14.9. The topological polar surface area (TPSA) is 192 Å². The van der Waals surface area contributed by atoms with Crippen molar-refractivity contribution in [2.45, 2.75) is 172 Å². The number of ketones is 1. The van der Waals surface area contributed by atoms with Crippen LogP contribution in [0.4, 0.5) is 0 Å². The Balaban J connectivity index is 2.22. The number of carbonyl (C=O) groups is 2. The Morgan fingerprint density at radius 2 is 1.55 bits per heavy atom. The summed E-state index contributed by atoms with van der Waals surface area (Å²) in [6.07, 6.45) is -9.27. The molecule has 0 aromatic rings. The van der Waals surface area contributed by atoms with Gasteiger partial charge in [-0.05, 0) is 67.9 Å². The molecule has 3 aliphatic heterocycles. The first-order chi connectivity index (χ1) is 23.6. The summed E-state index contributed by atoms with van der Waals surface area (Å²) < 4.78 is 43.5. The van der Waals surface area contributed by atoms with Crippen LogP contribution in [0.5, 0.6) is 0 Å². The molecule has 0 aromatic heterocycles. The van der Waals surface area contributed by atoms with Crippen LogP contribution in [0.1, 0.15) is 88.0 Å². The number of esters is 1. The van der Waals surface area contributed by atoms with Crippen molar-refractivity contribution in [2.24, 2.45) is 17.8 Å². The molecule has 51 heavy (non-hydrogen) atoms. The Bertz CT molecular complexity index is 1200. The van der Waals surface area contributed by atoms with Crippen molar-refractivity contribution >= 4 is 11.8 Å². The highest BCUT2D eigenvalue weighted by Gasteiger charge is 2.53. The van der Waals surface area contributed by atoms with Crippen LogP contribution in [0.25, 0.3) is 0 Å². The molecule has 0 bridgehead atoms. The first kappa shape index (κ1) is 43.8. The SMILES string of the molecule is C=C1C(=O)[C@H](C)C[C@@](C)(OC)[C@H](O[C@@H]2O[C@H](C)CC(NC)[C@H]2O)[C@@H](C)C(O[C@H]2C[C@@](C)(OC)[C@@H](O)[C@H](C)O2)[C@@H](C)C(=O)O[C@H](CC)[C@@](C)(O)[C@@H]1O. The summed E-state index contributed by atoms with van der Waals surface area (Å²) in [5.41, 5.74) is -4.62. The van der Waals surface area contributed by atoms with Gasteiger partial charge in [0.25, 0.3) is 0 Å². The van der Waals surface area contributed by atoms with Crippen LogP contribution in [-0.4, -0.2) is 138 Å². The molecule has 14 heteroatoms. The summed E-state index contributed by atoms with van der Waals surface area (Å²) in [7, 11) is 4.72. The van der Waals surface area contributed by atoms with Crippen molar-refractivity contribution in [1.82, 2.24) is 5.32 Å². The van der Waals surface area contributed by atoms with Crippen LogP contribution in [0.15, 0.2) is 12.2 Å². The van der Waals surface area contributed by atoms with Gasteiger partial charge in [0.05, 0.1) is 41.5 Å². The molecule has 3 fully saturated rings. The number of ether oxygens (including phenoxy) is 7. The smallest absolute Gasteiger partial charge is 0.311 e. The third kappa shape index (κ3) is 9.22. The first-order valence-electron chi connectivity index (χ1n) is 18.2. The minimum atomic E-state index is -2.06. The van der Waals surface area contributed by atoms with E-state index >= 15 is 0 Å². The van der Waals surface area contributed by atoms with E-state index in [-0.39, 0.29) is 37.0 Å². The minimum Gasteiger partial charge on any atom is -0.459 e. The monoisotopic (exact) mass is 731 g/mol. The van der Waals surface area contributed by atoms with Gasteiger partial charge < -0.3 is 58.9 Å². The van der Waals surface area contributed by atoms with Crippen molar-refractivity contribution in [3.63, 3.8) is 0 Å². The largest absolute Gasteiger partial charge is 0.459 e. The molecule has 0 aromatic carbocycles. The number of hydrogen-bond acceptors (Lipinski definition) is 14. The van der Waals surface area contributed by atoms with Crippen molar-refractivity contribution in [3.05, 3.63) is 12.2 Å². The number of cyclic esters (lactones) is 1. The van der Waals surface area contributed by atoms with Crippen LogP contribution >= 0.6 is 0 Å². The Labute approximate surface area is 303 Å². The van der Waals surface area contributed by atoms with E-state index in [9.17, 15) is 30.0 Å². The fourth-order valence-corrected chi connectivity index (χ4v) is 8.05. The number of aliphatic hydroxyl groups is 4. The summed E-state index contributed by atoms with van der Waals surface area (Å²) in [5.74, 6) is -3.82. The molecule has 0 aliphatic carbocycles. The van der Waals surface area contributed by atoms with Crippen LogP contribution in [-0.2, 0) is 42.7 Å². The average Bonchev–Trinajstić information content (AvgIpc) is 3.09. The van der Waals surface area contributed by atoms with E-state index in [1.165, 1.54) is 21.1 Å². The highest BCUT2D eigenvalue weighted by molar-refractivity contribution is 5.97. The van der Waals surface area contributed by atoms with Crippen molar-refractivity contribution < 1.29 is 63.2 Å². The maximum absolute atomic E-state index is 14.1. The minimum absolute atomic E-state index is 0.0483. The van der Waals surface area contributed by atoms with Crippen molar-refractivity contribution in [2.75, 3.05) is 21.3 Å². The molecule has 3 heterocycles. The van der Waals surface area contributed by atoms with Gasteiger partial charge in [0.15, 0.2) is 18.4 Å². The maximum atomic E-state index is 14.1. The Morgan fingerprint density at radius 3 is 2.10 bits per heavy atom. The van der Waals surface area contributed by atoms with E-state index in [0.717, 1.165) is 0 Å². The fraction of sp³-hybridized carbons (Fsp3) is 0.892. The number of Topliss-reactive ketones (excluding diaryl/α,β-unsaturated/α-hetero) is 1. The van der Waals surface area contributed by atoms with E-state index in [0.29, 0.717) is 6.42 Å². The van der Waals surface area contributed by atoms with Crippen LogP contribution in [0.3, 0.4) is 0 Å². The molecule has 0 radical (unpaired) electrons. The maximum Gasteiger partial charge on any atom is 0.311 e. The van der Waals surface area contributed by atoms with Crippen LogP contribution in [0, 0.1) is 17.8 Å². The lowest BCUT2D eigenvalue weighted by molar-refractivity contribution is -0.317. The highest BCUT2D eigenvalue weighted by Crippen LogP contribution is 2.41. The van der Waals surface area contributed by atoms with Crippen molar-refractivity contribution in [1.29, 1.82) is 0 Å². The summed E-state index contributed by atoms with van der Waals surface area (Å²) in [6.45, 7) is 19.0. The highest BCUT2D eigenvalue weighted by atomic mass is 16.7. The molecule has 0 amide bonds. The number of likely N-dealkylation sites (N-methyl/N-ethyl adjacent to an activating group) is 1. The van der Waals surface area contributed by atoms with E-state index in [1.54, 1.807) is 48.6 Å². The lowest BCUT2D eigenvalue weighted by Gasteiger charge is -2.49. The summed E-state index contributed by atoms with van der Waals surface area (Å²) in [6, 6.07) is -0.346. The lowest BCUT2D eigenvalue weighted by Crippen LogP contribution is -2.61. The molecule has 0 saturated carbocycles. The molecule has 14 nitrogen and oxygen atoms in total. The Hall–Kier alpha value is -1.56.